The minimum absolute atomic E-state index is 0.0251. The number of hydrogen-bond donors (Lipinski definition) is 0. The Morgan fingerprint density at radius 2 is 1.86 bits per heavy atom. The zero-order chi connectivity index (χ0) is 20.3. The molecular formula is C20H19F2NO3S2. The van der Waals surface area contributed by atoms with Crippen LogP contribution in [0.25, 0.3) is 0 Å². The predicted octanol–water partition coefficient (Wildman–Crippen LogP) is 4.10. The van der Waals surface area contributed by atoms with E-state index in [0.29, 0.717) is 11.3 Å². The van der Waals surface area contributed by atoms with Crippen molar-refractivity contribution in [1.82, 2.24) is 0 Å². The summed E-state index contributed by atoms with van der Waals surface area (Å²) in [4.78, 5) is 14.3. The van der Waals surface area contributed by atoms with Gasteiger partial charge in [0.15, 0.2) is 9.84 Å². The maximum atomic E-state index is 13.9. The highest BCUT2D eigenvalue weighted by atomic mass is 32.2. The van der Waals surface area contributed by atoms with Crippen LogP contribution >= 0.6 is 11.8 Å². The van der Waals surface area contributed by atoms with Crippen LogP contribution < -0.4 is 4.90 Å². The first-order chi connectivity index (χ1) is 13.3. The van der Waals surface area contributed by atoms with E-state index in [9.17, 15) is 22.0 Å². The van der Waals surface area contributed by atoms with Gasteiger partial charge in [-0.1, -0.05) is 18.2 Å². The van der Waals surface area contributed by atoms with Crippen molar-refractivity contribution in [2.45, 2.75) is 18.2 Å². The number of nitrogens with zero attached hydrogens (tertiary/aromatic N) is 1. The lowest BCUT2D eigenvalue weighted by Gasteiger charge is -2.28. The van der Waals surface area contributed by atoms with Gasteiger partial charge in [0.05, 0.1) is 17.5 Å². The Balaban J connectivity index is 1.78. The van der Waals surface area contributed by atoms with Gasteiger partial charge in [-0.25, -0.2) is 17.2 Å². The first-order valence-corrected chi connectivity index (χ1v) is 11.4. The molecule has 0 unspecified atom stereocenters. The number of anilines is 1. The molecule has 1 aliphatic heterocycles. The van der Waals surface area contributed by atoms with Crippen molar-refractivity contribution < 1.29 is 22.0 Å². The first kappa shape index (κ1) is 20.5. The largest absolute Gasteiger partial charge is 0.304 e. The van der Waals surface area contributed by atoms with Crippen LogP contribution in [0.2, 0.25) is 0 Å². The molecule has 2 atom stereocenters. The Morgan fingerprint density at radius 1 is 1.18 bits per heavy atom. The van der Waals surface area contributed by atoms with Gasteiger partial charge < -0.3 is 4.90 Å². The van der Waals surface area contributed by atoms with Gasteiger partial charge in [-0.3, -0.25) is 4.79 Å². The van der Waals surface area contributed by atoms with Gasteiger partial charge in [-0.2, -0.15) is 0 Å². The molecule has 0 spiro atoms. The van der Waals surface area contributed by atoms with Crippen molar-refractivity contribution in [3.8, 4) is 0 Å². The Hall–Kier alpha value is -2.19. The lowest BCUT2D eigenvalue weighted by molar-refractivity contribution is -0.116. The van der Waals surface area contributed by atoms with Gasteiger partial charge in [0.2, 0.25) is 5.91 Å². The fourth-order valence-electron chi connectivity index (χ4n) is 3.00. The lowest BCUT2D eigenvalue weighted by Crippen LogP contribution is -2.42. The van der Waals surface area contributed by atoms with E-state index in [0.717, 1.165) is 5.41 Å². The summed E-state index contributed by atoms with van der Waals surface area (Å²) in [6, 6.07) is 11.0. The van der Waals surface area contributed by atoms with Crippen LogP contribution in [0.3, 0.4) is 0 Å². The van der Waals surface area contributed by atoms with Gasteiger partial charge in [0, 0.05) is 21.9 Å². The Kier molecular flexibility index (Phi) is 6.20. The van der Waals surface area contributed by atoms with Crippen LogP contribution in [-0.2, 0) is 14.6 Å². The Labute approximate surface area is 167 Å². The van der Waals surface area contributed by atoms with Gasteiger partial charge in [0.1, 0.15) is 11.6 Å². The molecule has 0 N–H and O–H groups in total. The standard InChI is InChI=1S/C20H19F2NO3S2/c1-14(18-4-2-3-5-19(18)22)27-12-20(24)23(16-8-6-15(21)7-9-16)17-10-11-28(25,26)13-17/h2-11,14,17H,12-13H2,1H3/t14-,17-/m0/s1. The van der Waals surface area contributed by atoms with E-state index >= 15 is 0 Å². The molecule has 1 heterocycles. The number of carbonyl (C=O) groups is 1. The number of hydrogen-bond acceptors (Lipinski definition) is 4. The number of carbonyl (C=O) groups excluding carboxylic acids is 1. The summed E-state index contributed by atoms with van der Waals surface area (Å²) in [6.07, 6.45) is 1.46. The molecule has 0 saturated heterocycles. The van der Waals surface area contributed by atoms with Crippen LogP contribution in [-0.4, -0.2) is 31.9 Å². The molecule has 28 heavy (non-hydrogen) atoms. The topological polar surface area (TPSA) is 54.5 Å². The summed E-state index contributed by atoms with van der Waals surface area (Å²) in [7, 11) is -3.37. The van der Waals surface area contributed by atoms with E-state index in [1.54, 1.807) is 25.1 Å². The molecule has 2 aromatic rings. The highest BCUT2D eigenvalue weighted by Gasteiger charge is 2.31. The van der Waals surface area contributed by atoms with Crippen molar-refractivity contribution in [2.75, 3.05) is 16.4 Å². The zero-order valence-electron chi connectivity index (χ0n) is 15.1. The summed E-state index contributed by atoms with van der Waals surface area (Å²) in [5.74, 6) is -1.31. The lowest BCUT2D eigenvalue weighted by atomic mass is 10.1. The van der Waals surface area contributed by atoms with Crippen molar-refractivity contribution >= 4 is 33.2 Å². The second-order valence-electron chi connectivity index (χ2n) is 6.44. The van der Waals surface area contributed by atoms with Gasteiger partial charge in [-0.15, -0.1) is 11.8 Å². The van der Waals surface area contributed by atoms with Gasteiger partial charge in [-0.05, 0) is 43.3 Å². The van der Waals surface area contributed by atoms with Crippen molar-refractivity contribution in [2.24, 2.45) is 0 Å². The van der Waals surface area contributed by atoms with E-state index in [-0.39, 0.29) is 28.5 Å². The highest BCUT2D eigenvalue weighted by molar-refractivity contribution is 8.00. The van der Waals surface area contributed by atoms with Crippen LogP contribution in [0.5, 0.6) is 0 Å². The quantitative estimate of drug-likeness (QED) is 0.702. The molecule has 1 aliphatic rings. The van der Waals surface area contributed by atoms with E-state index < -0.39 is 21.7 Å². The van der Waals surface area contributed by atoms with Gasteiger partial charge >= 0.3 is 0 Å². The number of sulfone groups is 1. The highest BCUT2D eigenvalue weighted by Crippen LogP contribution is 2.31. The smallest absolute Gasteiger partial charge is 0.237 e. The number of benzene rings is 2. The third-order valence-corrected chi connectivity index (χ3v) is 6.96. The second kappa shape index (κ2) is 8.45. The predicted molar refractivity (Wildman–Crippen MR) is 108 cm³/mol. The summed E-state index contributed by atoms with van der Waals surface area (Å²) in [6.45, 7) is 1.80. The van der Waals surface area contributed by atoms with Crippen LogP contribution in [0.15, 0.2) is 60.0 Å². The van der Waals surface area contributed by atoms with E-state index in [2.05, 4.69) is 0 Å². The summed E-state index contributed by atoms with van der Waals surface area (Å²) in [5, 5.41) is 0.833. The Morgan fingerprint density at radius 3 is 2.46 bits per heavy atom. The van der Waals surface area contributed by atoms with E-state index in [1.165, 1.54) is 53.1 Å². The molecule has 0 bridgehead atoms. The molecule has 8 heteroatoms. The summed E-state index contributed by atoms with van der Waals surface area (Å²) >= 11 is 1.26. The number of thioether (sulfide) groups is 1. The van der Waals surface area contributed by atoms with Crippen molar-refractivity contribution in [1.29, 1.82) is 0 Å². The SMILES string of the molecule is C[C@H](SCC(=O)N(c1ccc(F)cc1)[C@H]1C=CS(=O)(=O)C1)c1ccccc1F. The molecule has 0 fully saturated rings. The minimum atomic E-state index is -3.37. The average Bonchev–Trinajstić information content (AvgIpc) is 3.01. The summed E-state index contributed by atoms with van der Waals surface area (Å²) < 4.78 is 50.8. The normalized spacial score (nSPS) is 18.8. The molecule has 0 aromatic heterocycles. The number of rotatable bonds is 6. The molecular weight excluding hydrogens is 404 g/mol. The number of halogens is 2. The molecule has 0 saturated carbocycles. The summed E-state index contributed by atoms with van der Waals surface area (Å²) in [5.41, 5.74) is 0.911. The molecule has 0 aliphatic carbocycles. The van der Waals surface area contributed by atoms with Crippen LogP contribution in [0.4, 0.5) is 14.5 Å². The molecule has 2 aromatic carbocycles. The Bertz CT molecular complexity index is 991. The molecule has 148 valence electrons. The van der Waals surface area contributed by atoms with Crippen LogP contribution in [0, 0.1) is 11.6 Å². The third-order valence-electron chi connectivity index (χ3n) is 4.42. The maximum absolute atomic E-state index is 13.9. The monoisotopic (exact) mass is 423 g/mol. The van der Waals surface area contributed by atoms with Gasteiger partial charge in [0.25, 0.3) is 0 Å². The molecule has 4 nitrogen and oxygen atoms in total. The van der Waals surface area contributed by atoms with Crippen molar-refractivity contribution in [3.63, 3.8) is 0 Å². The maximum Gasteiger partial charge on any atom is 0.237 e. The molecule has 3 rings (SSSR count). The van der Waals surface area contributed by atoms with Crippen LogP contribution in [0.1, 0.15) is 17.7 Å². The zero-order valence-corrected chi connectivity index (χ0v) is 16.7. The third kappa shape index (κ3) is 4.80. The molecule has 1 amide bonds. The number of amides is 1. The average molecular weight is 424 g/mol. The van der Waals surface area contributed by atoms with E-state index in [1.807, 2.05) is 0 Å². The van der Waals surface area contributed by atoms with E-state index in [4.69, 9.17) is 0 Å². The first-order valence-electron chi connectivity index (χ1n) is 8.61. The fraction of sp³-hybridized carbons (Fsp3) is 0.250. The molecule has 0 radical (unpaired) electrons. The van der Waals surface area contributed by atoms with Crippen molar-refractivity contribution in [3.05, 3.63) is 77.2 Å². The second-order valence-corrected chi connectivity index (χ2v) is 9.70. The minimum Gasteiger partial charge on any atom is -0.304 e. The fourth-order valence-corrected chi connectivity index (χ4v) is 5.17.